The Balaban J connectivity index is 1.64. The molecule has 0 fully saturated rings. The molecule has 2 aromatic rings. The molecular formula is C16H17NO4. The smallest absolute Gasteiger partial charge is 0.273 e. The predicted octanol–water partition coefficient (Wildman–Crippen LogP) is 3.58. The van der Waals surface area contributed by atoms with E-state index in [0.29, 0.717) is 25.6 Å². The SMILES string of the molecule is O=[N+]([O-])c1cccc(OCCCOCc2ccccc2)c1. The van der Waals surface area contributed by atoms with Gasteiger partial charge in [-0.05, 0) is 11.6 Å². The highest BCUT2D eigenvalue weighted by Gasteiger charge is 2.05. The number of nitro groups is 1. The van der Waals surface area contributed by atoms with Crippen LogP contribution in [0.15, 0.2) is 54.6 Å². The standard InChI is InChI=1S/C16H17NO4/c18-17(19)15-8-4-9-16(12-15)21-11-5-10-20-13-14-6-2-1-3-7-14/h1-4,6-9,12H,5,10-11,13H2. The summed E-state index contributed by atoms with van der Waals surface area (Å²) in [5.74, 6) is 0.507. The first-order chi connectivity index (χ1) is 10.3. The summed E-state index contributed by atoms with van der Waals surface area (Å²) in [6, 6.07) is 16.1. The Morgan fingerprint density at radius 1 is 1.00 bits per heavy atom. The molecule has 0 aromatic heterocycles. The molecular weight excluding hydrogens is 270 g/mol. The second-order valence-corrected chi connectivity index (χ2v) is 4.49. The molecule has 5 heteroatoms. The molecule has 0 heterocycles. The number of non-ortho nitro benzene ring substituents is 1. The Kier molecular flexibility index (Phi) is 5.72. The highest BCUT2D eigenvalue weighted by atomic mass is 16.6. The van der Waals surface area contributed by atoms with Crippen LogP contribution in [0.4, 0.5) is 5.69 Å². The first-order valence-corrected chi connectivity index (χ1v) is 6.74. The van der Waals surface area contributed by atoms with E-state index < -0.39 is 4.92 Å². The monoisotopic (exact) mass is 287 g/mol. The third-order valence-corrected chi connectivity index (χ3v) is 2.84. The Hall–Kier alpha value is -2.40. The van der Waals surface area contributed by atoms with Crippen molar-refractivity contribution in [1.29, 1.82) is 0 Å². The number of ether oxygens (including phenoxy) is 2. The normalized spacial score (nSPS) is 10.3. The molecule has 5 nitrogen and oxygen atoms in total. The molecule has 2 aromatic carbocycles. The molecule has 2 rings (SSSR count). The van der Waals surface area contributed by atoms with Crippen LogP contribution in [0.5, 0.6) is 5.75 Å². The maximum atomic E-state index is 10.6. The van der Waals surface area contributed by atoms with Gasteiger partial charge in [0.05, 0.1) is 30.8 Å². The van der Waals surface area contributed by atoms with Crippen molar-refractivity contribution in [3.8, 4) is 5.75 Å². The predicted molar refractivity (Wildman–Crippen MR) is 79.3 cm³/mol. The molecule has 110 valence electrons. The van der Waals surface area contributed by atoms with Gasteiger partial charge in [0, 0.05) is 12.5 Å². The summed E-state index contributed by atoms with van der Waals surface area (Å²) in [5, 5.41) is 10.6. The Morgan fingerprint density at radius 2 is 1.81 bits per heavy atom. The molecule has 0 radical (unpaired) electrons. The van der Waals surface area contributed by atoms with Gasteiger partial charge in [0.2, 0.25) is 0 Å². The number of nitro benzene ring substituents is 1. The van der Waals surface area contributed by atoms with Gasteiger partial charge in [-0.15, -0.1) is 0 Å². The minimum atomic E-state index is -0.435. The van der Waals surface area contributed by atoms with Gasteiger partial charge in [-0.25, -0.2) is 0 Å². The molecule has 21 heavy (non-hydrogen) atoms. The second-order valence-electron chi connectivity index (χ2n) is 4.49. The summed E-state index contributed by atoms with van der Waals surface area (Å²) in [5.41, 5.74) is 1.17. The maximum Gasteiger partial charge on any atom is 0.273 e. The first kappa shape index (κ1) is 15.0. The largest absolute Gasteiger partial charge is 0.493 e. The Bertz CT molecular complexity index is 571. The molecule has 0 N–H and O–H groups in total. The van der Waals surface area contributed by atoms with Crippen LogP contribution in [0.25, 0.3) is 0 Å². The van der Waals surface area contributed by atoms with Gasteiger partial charge in [0.1, 0.15) is 5.75 Å². The number of benzene rings is 2. The van der Waals surface area contributed by atoms with E-state index in [-0.39, 0.29) is 5.69 Å². The molecule has 0 saturated heterocycles. The van der Waals surface area contributed by atoms with Gasteiger partial charge in [-0.2, -0.15) is 0 Å². The van der Waals surface area contributed by atoms with E-state index in [9.17, 15) is 10.1 Å². The summed E-state index contributed by atoms with van der Waals surface area (Å²) >= 11 is 0. The fourth-order valence-corrected chi connectivity index (χ4v) is 1.80. The quantitative estimate of drug-likeness (QED) is 0.423. The molecule has 0 saturated carbocycles. The molecule has 0 aliphatic heterocycles. The summed E-state index contributed by atoms with van der Waals surface area (Å²) in [4.78, 5) is 10.2. The first-order valence-electron chi connectivity index (χ1n) is 6.74. The average molecular weight is 287 g/mol. The van der Waals surface area contributed by atoms with Crippen molar-refractivity contribution in [2.45, 2.75) is 13.0 Å². The van der Waals surface area contributed by atoms with E-state index in [1.54, 1.807) is 12.1 Å². The maximum absolute atomic E-state index is 10.6. The van der Waals surface area contributed by atoms with E-state index in [4.69, 9.17) is 9.47 Å². The summed E-state index contributed by atoms with van der Waals surface area (Å²) < 4.78 is 11.0. The van der Waals surface area contributed by atoms with Gasteiger partial charge >= 0.3 is 0 Å². The van der Waals surface area contributed by atoms with Gasteiger partial charge in [0.15, 0.2) is 0 Å². The lowest BCUT2D eigenvalue weighted by Crippen LogP contribution is -2.03. The van der Waals surface area contributed by atoms with E-state index in [2.05, 4.69) is 0 Å². The van der Waals surface area contributed by atoms with Crippen molar-refractivity contribution in [3.63, 3.8) is 0 Å². The summed E-state index contributed by atoms with van der Waals surface area (Å²) in [6.45, 7) is 1.64. The molecule has 0 spiro atoms. The van der Waals surface area contributed by atoms with Crippen molar-refractivity contribution in [1.82, 2.24) is 0 Å². The minimum absolute atomic E-state index is 0.0350. The Labute approximate surface area is 123 Å². The third-order valence-electron chi connectivity index (χ3n) is 2.84. The molecule has 0 aliphatic rings. The topological polar surface area (TPSA) is 61.6 Å². The zero-order chi connectivity index (χ0) is 14.9. The van der Waals surface area contributed by atoms with Crippen LogP contribution in [0.3, 0.4) is 0 Å². The number of nitrogens with zero attached hydrogens (tertiary/aromatic N) is 1. The molecule has 0 amide bonds. The van der Waals surface area contributed by atoms with Crippen molar-refractivity contribution >= 4 is 5.69 Å². The fraction of sp³-hybridized carbons (Fsp3) is 0.250. The van der Waals surface area contributed by atoms with Gasteiger partial charge in [-0.1, -0.05) is 36.4 Å². The lowest BCUT2D eigenvalue weighted by molar-refractivity contribution is -0.384. The van der Waals surface area contributed by atoms with Crippen molar-refractivity contribution in [2.75, 3.05) is 13.2 Å². The zero-order valence-electron chi connectivity index (χ0n) is 11.6. The van der Waals surface area contributed by atoms with E-state index >= 15 is 0 Å². The van der Waals surface area contributed by atoms with E-state index in [1.807, 2.05) is 30.3 Å². The number of hydrogen-bond donors (Lipinski definition) is 0. The van der Waals surface area contributed by atoms with Gasteiger partial charge < -0.3 is 9.47 Å². The average Bonchev–Trinajstić information content (AvgIpc) is 2.52. The van der Waals surface area contributed by atoms with Crippen LogP contribution in [0.1, 0.15) is 12.0 Å². The molecule has 0 unspecified atom stereocenters. The van der Waals surface area contributed by atoms with Crippen LogP contribution in [0, 0.1) is 10.1 Å². The summed E-state index contributed by atoms with van der Waals surface area (Å²) in [7, 11) is 0. The summed E-state index contributed by atoms with van der Waals surface area (Å²) in [6.07, 6.45) is 0.732. The van der Waals surface area contributed by atoms with Crippen LogP contribution in [-0.4, -0.2) is 18.1 Å². The fourth-order valence-electron chi connectivity index (χ4n) is 1.80. The molecule has 0 bridgehead atoms. The highest BCUT2D eigenvalue weighted by molar-refractivity contribution is 5.37. The lowest BCUT2D eigenvalue weighted by atomic mass is 10.2. The third kappa shape index (κ3) is 5.24. The minimum Gasteiger partial charge on any atom is -0.493 e. The van der Waals surface area contributed by atoms with Gasteiger partial charge in [0.25, 0.3) is 5.69 Å². The lowest BCUT2D eigenvalue weighted by Gasteiger charge is -2.07. The second kappa shape index (κ2) is 8.01. The van der Waals surface area contributed by atoms with Crippen LogP contribution < -0.4 is 4.74 Å². The van der Waals surface area contributed by atoms with Crippen LogP contribution >= 0.6 is 0 Å². The van der Waals surface area contributed by atoms with Crippen LogP contribution in [-0.2, 0) is 11.3 Å². The van der Waals surface area contributed by atoms with Crippen molar-refractivity contribution < 1.29 is 14.4 Å². The van der Waals surface area contributed by atoms with Gasteiger partial charge in [-0.3, -0.25) is 10.1 Å². The van der Waals surface area contributed by atoms with Crippen LogP contribution in [0.2, 0.25) is 0 Å². The zero-order valence-corrected chi connectivity index (χ0v) is 11.6. The van der Waals surface area contributed by atoms with E-state index in [1.165, 1.54) is 12.1 Å². The number of hydrogen-bond acceptors (Lipinski definition) is 4. The molecule has 0 atom stereocenters. The highest BCUT2D eigenvalue weighted by Crippen LogP contribution is 2.19. The number of rotatable bonds is 8. The van der Waals surface area contributed by atoms with Crippen molar-refractivity contribution in [3.05, 3.63) is 70.3 Å². The molecule has 0 aliphatic carbocycles. The Morgan fingerprint density at radius 3 is 2.57 bits per heavy atom. The van der Waals surface area contributed by atoms with Crippen molar-refractivity contribution in [2.24, 2.45) is 0 Å². The van der Waals surface area contributed by atoms with E-state index in [0.717, 1.165) is 12.0 Å².